The second-order valence-corrected chi connectivity index (χ2v) is 5.73. The first-order chi connectivity index (χ1) is 9.08. The van der Waals surface area contributed by atoms with Crippen LogP contribution in [0.2, 0.25) is 0 Å². The first-order valence-corrected chi connectivity index (χ1v) is 7.27. The van der Waals surface area contributed by atoms with Crippen LogP contribution < -0.4 is 10.1 Å². The Bertz CT molecular complexity index is 447. The second kappa shape index (κ2) is 6.39. The molecule has 1 heterocycles. The van der Waals surface area contributed by atoms with Gasteiger partial charge in [0.1, 0.15) is 5.75 Å². The average Bonchev–Trinajstić information content (AvgIpc) is 2.90. The highest BCUT2D eigenvalue weighted by Crippen LogP contribution is 2.19. The molecule has 2 atom stereocenters. The molecule has 1 saturated heterocycles. The Morgan fingerprint density at radius 2 is 2.37 bits per heavy atom. The molecule has 1 aliphatic heterocycles. The highest BCUT2D eigenvalue weighted by atomic mass is 79.9. The summed E-state index contributed by atoms with van der Waals surface area (Å²) < 4.78 is 6.64. The van der Waals surface area contributed by atoms with Gasteiger partial charge in [0.25, 0.3) is 5.91 Å². The lowest BCUT2D eigenvalue weighted by Gasteiger charge is -2.27. The maximum absolute atomic E-state index is 12.3. The first-order valence-electron chi connectivity index (χ1n) is 6.47. The van der Waals surface area contributed by atoms with E-state index in [1.165, 1.54) is 0 Å². The normalized spacial score (nSPS) is 20.1. The van der Waals surface area contributed by atoms with Crippen molar-refractivity contribution in [2.45, 2.75) is 25.5 Å². The lowest BCUT2D eigenvalue weighted by Crippen LogP contribution is -2.44. The quantitative estimate of drug-likeness (QED) is 0.920. The van der Waals surface area contributed by atoms with Crippen LogP contribution in [0.1, 0.15) is 13.3 Å². The molecule has 2 unspecified atom stereocenters. The first kappa shape index (κ1) is 14.3. The van der Waals surface area contributed by atoms with E-state index in [0.717, 1.165) is 24.0 Å². The zero-order chi connectivity index (χ0) is 13.8. The summed E-state index contributed by atoms with van der Waals surface area (Å²) in [4.78, 5) is 14.1. The van der Waals surface area contributed by atoms with Crippen LogP contribution >= 0.6 is 15.9 Å². The maximum Gasteiger partial charge on any atom is 0.263 e. The molecule has 19 heavy (non-hydrogen) atoms. The van der Waals surface area contributed by atoms with Gasteiger partial charge in [-0.1, -0.05) is 22.0 Å². The monoisotopic (exact) mass is 326 g/mol. The van der Waals surface area contributed by atoms with Crippen LogP contribution in [0.5, 0.6) is 5.75 Å². The molecule has 0 bridgehead atoms. The Balaban J connectivity index is 1.95. The molecule has 0 aliphatic carbocycles. The predicted molar refractivity (Wildman–Crippen MR) is 78.3 cm³/mol. The molecule has 1 aromatic rings. The molecule has 0 radical (unpaired) electrons. The minimum Gasteiger partial charge on any atom is -0.481 e. The molecule has 4 nitrogen and oxygen atoms in total. The molecule has 1 aromatic carbocycles. The number of rotatable bonds is 4. The Morgan fingerprint density at radius 1 is 1.58 bits per heavy atom. The summed E-state index contributed by atoms with van der Waals surface area (Å²) in [5.74, 6) is 0.724. The average molecular weight is 327 g/mol. The van der Waals surface area contributed by atoms with Crippen LogP contribution in [-0.2, 0) is 4.79 Å². The molecule has 0 aromatic heterocycles. The van der Waals surface area contributed by atoms with E-state index in [-0.39, 0.29) is 11.9 Å². The summed E-state index contributed by atoms with van der Waals surface area (Å²) in [6.07, 6.45) is 0.533. The Morgan fingerprint density at radius 3 is 3.00 bits per heavy atom. The largest absolute Gasteiger partial charge is 0.481 e. The van der Waals surface area contributed by atoms with Crippen molar-refractivity contribution in [3.8, 4) is 5.75 Å². The molecular weight excluding hydrogens is 308 g/mol. The van der Waals surface area contributed by atoms with E-state index in [9.17, 15) is 4.79 Å². The topological polar surface area (TPSA) is 41.6 Å². The van der Waals surface area contributed by atoms with Gasteiger partial charge in [-0.15, -0.1) is 0 Å². The van der Waals surface area contributed by atoms with Gasteiger partial charge in [0, 0.05) is 24.1 Å². The SMILES string of the molecule is CC(Oc1cccc(Br)c1)C(=O)N(C)C1CCNC1. The second-order valence-electron chi connectivity index (χ2n) is 4.81. The molecule has 1 amide bonds. The van der Waals surface area contributed by atoms with Gasteiger partial charge in [0.15, 0.2) is 6.10 Å². The van der Waals surface area contributed by atoms with E-state index >= 15 is 0 Å². The molecule has 0 saturated carbocycles. The number of carbonyl (C=O) groups is 1. The van der Waals surface area contributed by atoms with E-state index in [4.69, 9.17) is 4.74 Å². The number of halogens is 1. The fourth-order valence-electron chi connectivity index (χ4n) is 2.23. The minimum absolute atomic E-state index is 0.0219. The van der Waals surface area contributed by atoms with Gasteiger partial charge >= 0.3 is 0 Å². The van der Waals surface area contributed by atoms with Gasteiger partial charge in [-0.25, -0.2) is 0 Å². The van der Waals surface area contributed by atoms with Gasteiger partial charge in [-0.05, 0) is 38.1 Å². The van der Waals surface area contributed by atoms with Crippen LogP contribution in [0, 0.1) is 0 Å². The Labute approximate surface area is 122 Å². The van der Waals surface area contributed by atoms with Crippen molar-refractivity contribution in [3.05, 3.63) is 28.7 Å². The van der Waals surface area contributed by atoms with Crippen molar-refractivity contribution in [1.82, 2.24) is 10.2 Å². The van der Waals surface area contributed by atoms with E-state index in [2.05, 4.69) is 21.2 Å². The molecule has 1 N–H and O–H groups in total. The summed E-state index contributed by atoms with van der Waals surface area (Å²) in [5.41, 5.74) is 0. The van der Waals surface area contributed by atoms with Crippen molar-refractivity contribution in [2.75, 3.05) is 20.1 Å². The molecular formula is C14H19BrN2O2. The van der Waals surface area contributed by atoms with Crippen molar-refractivity contribution in [1.29, 1.82) is 0 Å². The fourth-order valence-corrected chi connectivity index (χ4v) is 2.61. The Kier molecular flexibility index (Phi) is 4.82. The Hall–Kier alpha value is -1.07. The molecule has 5 heteroatoms. The number of carbonyl (C=O) groups excluding carboxylic acids is 1. The zero-order valence-corrected chi connectivity index (χ0v) is 12.8. The van der Waals surface area contributed by atoms with Crippen LogP contribution in [0.3, 0.4) is 0 Å². The van der Waals surface area contributed by atoms with Gasteiger partial charge in [-0.2, -0.15) is 0 Å². The molecule has 1 aliphatic rings. The number of benzene rings is 1. The third kappa shape index (κ3) is 3.70. The zero-order valence-electron chi connectivity index (χ0n) is 11.2. The maximum atomic E-state index is 12.3. The molecule has 104 valence electrons. The predicted octanol–water partition coefficient (Wildman–Crippen LogP) is 2.04. The minimum atomic E-state index is -0.472. The molecule has 1 fully saturated rings. The third-order valence-corrected chi connectivity index (χ3v) is 3.88. The fraction of sp³-hybridized carbons (Fsp3) is 0.500. The van der Waals surface area contributed by atoms with Gasteiger partial charge in [0.05, 0.1) is 0 Å². The lowest BCUT2D eigenvalue weighted by molar-refractivity contribution is -0.138. The van der Waals surface area contributed by atoms with Crippen molar-refractivity contribution >= 4 is 21.8 Å². The van der Waals surface area contributed by atoms with Crippen LogP contribution in [0.4, 0.5) is 0 Å². The van der Waals surface area contributed by atoms with E-state index in [1.54, 1.807) is 11.8 Å². The highest BCUT2D eigenvalue weighted by Gasteiger charge is 2.27. The molecule has 2 rings (SSSR count). The number of hydrogen-bond donors (Lipinski definition) is 1. The third-order valence-electron chi connectivity index (χ3n) is 3.39. The number of hydrogen-bond acceptors (Lipinski definition) is 3. The van der Waals surface area contributed by atoms with Gasteiger partial charge < -0.3 is 15.0 Å². The van der Waals surface area contributed by atoms with E-state index < -0.39 is 6.10 Å². The van der Waals surface area contributed by atoms with Crippen LogP contribution in [0.25, 0.3) is 0 Å². The number of likely N-dealkylation sites (N-methyl/N-ethyl adjacent to an activating group) is 1. The van der Waals surface area contributed by atoms with Crippen LogP contribution in [0.15, 0.2) is 28.7 Å². The van der Waals surface area contributed by atoms with Gasteiger partial charge in [-0.3, -0.25) is 4.79 Å². The number of nitrogens with one attached hydrogen (secondary N) is 1. The summed E-state index contributed by atoms with van der Waals surface area (Å²) in [5, 5.41) is 3.26. The molecule has 0 spiro atoms. The van der Waals surface area contributed by atoms with E-state index in [1.807, 2.05) is 31.3 Å². The van der Waals surface area contributed by atoms with Crippen LogP contribution in [-0.4, -0.2) is 43.1 Å². The number of ether oxygens (including phenoxy) is 1. The summed E-state index contributed by atoms with van der Waals surface area (Å²) in [6.45, 7) is 3.64. The summed E-state index contributed by atoms with van der Waals surface area (Å²) in [6, 6.07) is 7.81. The summed E-state index contributed by atoms with van der Waals surface area (Å²) >= 11 is 3.39. The van der Waals surface area contributed by atoms with Crippen molar-refractivity contribution in [2.24, 2.45) is 0 Å². The lowest BCUT2D eigenvalue weighted by atomic mass is 10.2. The van der Waals surface area contributed by atoms with Crippen molar-refractivity contribution in [3.63, 3.8) is 0 Å². The summed E-state index contributed by atoms with van der Waals surface area (Å²) in [7, 11) is 1.85. The highest BCUT2D eigenvalue weighted by molar-refractivity contribution is 9.10. The van der Waals surface area contributed by atoms with Gasteiger partial charge in [0.2, 0.25) is 0 Å². The van der Waals surface area contributed by atoms with E-state index in [0.29, 0.717) is 5.75 Å². The smallest absolute Gasteiger partial charge is 0.263 e. The number of amides is 1. The number of nitrogens with zero attached hydrogens (tertiary/aromatic N) is 1. The standard InChI is InChI=1S/C14H19BrN2O2/c1-10(19-13-5-3-4-11(15)8-13)14(18)17(2)12-6-7-16-9-12/h3-5,8,10,12,16H,6-7,9H2,1-2H3. The van der Waals surface area contributed by atoms with Crippen molar-refractivity contribution < 1.29 is 9.53 Å².